The van der Waals surface area contributed by atoms with Gasteiger partial charge in [-0.25, -0.2) is 23.1 Å². The first-order valence-corrected chi connectivity index (χ1v) is 11.3. The van der Waals surface area contributed by atoms with Crippen molar-refractivity contribution in [2.45, 2.75) is 69.2 Å². The first-order chi connectivity index (χ1) is 12.4. The van der Waals surface area contributed by atoms with Crippen molar-refractivity contribution in [2.24, 2.45) is 0 Å². The zero-order chi connectivity index (χ0) is 18.7. The molecule has 0 radical (unpaired) electrons. The summed E-state index contributed by atoms with van der Waals surface area (Å²) in [4.78, 5) is 9.71. The highest BCUT2D eigenvalue weighted by atomic mass is 32.2. The Bertz CT molecular complexity index is 836. The lowest BCUT2D eigenvalue weighted by Crippen LogP contribution is -2.39. The van der Waals surface area contributed by atoms with Crippen LogP contribution in [0.25, 0.3) is 0 Å². The first-order valence-electron chi connectivity index (χ1n) is 8.95. The second-order valence-corrected chi connectivity index (χ2v) is 9.83. The molecule has 1 fully saturated rings. The van der Waals surface area contributed by atoms with Crippen molar-refractivity contribution in [3.8, 4) is 6.01 Å². The summed E-state index contributed by atoms with van der Waals surface area (Å²) in [5, 5.41) is 0. The third kappa shape index (κ3) is 4.81. The first kappa shape index (κ1) is 19.3. The summed E-state index contributed by atoms with van der Waals surface area (Å²) in [6.45, 7) is 5.86. The van der Waals surface area contributed by atoms with E-state index in [9.17, 15) is 8.42 Å². The molecular formula is C18H25N3O3S2. The Morgan fingerprint density at radius 3 is 2.38 bits per heavy atom. The van der Waals surface area contributed by atoms with E-state index in [0.717, 1.165) is 48.4 Å². The molecule has 0 bridgehead atoms. The Morgan fingerprint density at radius 1 is 1.15 bits per heavy atom. The number of rotatable bonds is 6. The van der Waals surface area contributed by atoms with Crippen LogP contribution in [0.5, 0.6) is 6.01 Å². The lowest BCUT2D eigenvalue weighted by molar-refractivity contribution is 0.131. The van der Waals surface area contributed by atoms with Gasteiger partial charge < -0.3 is 4.74 Å². The molecule has 1 aliphatic rings. The van der Waals surface area contributed by atoms with Crippen LogP contribution >= 0.6 is 11.3 Å². The molecule has 2 heterocycles. The van der Waals surface area contributed by atoms with Gasteiger partial charge in [-0.15, -0.1) is 11.3 Å². The third-order valence-electron chi connectivity index (χ3n) is 4.48. The van der Waals surface area contributed by atoms with Crippen molar-refractivity contribution in [3.05, 3.63) is 34.5 Å². The molecule has 2 aromatic heterocycles. The maximum absolute atomic E-state index is 12.5. The van der Waals surface area contributed by atoms with Crippen LogP contribution < -0.4 is 9.46 Å². The topological polar surface area (TPSA) is 81.2 Å². The number of nitrogens with zero attached hydrogens (tertiary/aromatic N) is 2. The fourth-order valence-corrected chi connectivity index (χ4v) is 5.78. The Kier molecular flexibility index (Phi) is 5.94. The van der Waals surface area contributed by atoms with Gasteiger partial charge in [0.15, 0.2) is 0 Å². The molecule has 2 aromatic rings. The molecule has 0 aliphatic heterocycles. The van der Waals surface area contributed by atoms with E-state index in [4.69, 9.17) is 4.74 Å². The van der Waals surface area contributed by atoms with E-state index in [0.29, 0.717) is 10.2 Å². The SMILES string of the molecule is CCc1ccc(S(=O)(=O)NC2CCC(Oc3nc(C)cc(C)n3)CC2)s1. The van der Waals surface area contributed by atoms with Crippen LogP contribution in [0, 0.1) is 13.8 Å². The number of ether oxygens (including phenoxy) is 1. The maximum atomic E-state index is 12.5. The molecule has 26 heavy (non-hydrogen) atoms. The molecule has 3 rings (SSSR count). The van der Waals surface area contributed by atoms with Crippen LogP contribution in [0.15, 0.2) is 22.4 Å². The van der Waals surface area contributed by atoms with Gasteiger partial charge in [-0.3, -0.25) is 0 Å². The maximum Gasteiger partial charge on any atom is 0.317 e. The van der Waals surface area contributed by atoms with E-state index in [-0.39, 0.29) is 12.1 Å². The van der Waals surface area contributed by atoms with Crippen molar-refractivity contribution in [1.29, 1.82) is 0 Å². The predicted octanol–water partition coefficient (Wildman–Crippen LogP) is 3.39. The molecule has 0 spiro atoms. The quantitative estimate of drug-likeness (QED) is 0.811. The Balaban J connectivity index is 1.55. The van der Waals surface area contributed by atoms with Crippen molar-refractivity contribution >= 4 is 21.4 Å². The molecule has 0 amide bonds. The van der Waals surface area contributed by atoms with E-state index in [1.807, 2.05) is 32.9 Å². The van der Waals surface area contributed by atoms with Crippen molar-refractivity contribution < 1.29 is 13.2 Å². The number of hydrogen-bond donors (Lipinski definition) is 1. The van der Waals surface area contributed by atoms with Gasteiger partial charge in [0.05, 0.1) is 0 Å². The summed E-state index contributed by atoms with van der Waals surface area (Å²) < 4.78 is 34.2. The average molecular weight is 396 g/mol. The lowest BCUT2D eigenvalue weighted by atomic mass is 9.94. The van der Waals surface area contributed by atoms with Gasteiger partial charge in [-0.1, -0.05) is 6.92 Å². The molecule has 8 heteroatoms. The number of hydrogen-bond acceptors (Lipinski definition) is 6. The van der Waals surface area contributed by atoms with Gasteiger partial charge >= 0.3 is 6.01 Å². The molecule has 1 N–H and O–H groups in total. The summed E-state index contributed by atoms with van der Waals surface area (Å²) in [7, 11) is -3.43. The summed E-state index contributed by atoms with van der Waals surface area (Å²) in [5.74, 6) is 0. The third-order valence-corrected chi connectivity index (χ3v) is 7.72. The standard InChI is InChI=1S/C18H25N3O3S2/c1-4-16-9-10-17(25-16)26(22,23)21-14-5-7-15(8-6-14)24-18-19-12(2)11-13(3)20-18/h9-11,14-15,21H,4-8H2,1-3H3. The second-order valence-electron chi connectivity index (χ2n) is 6.72. The van der Waals surface area contributed by atoms with Gasteiger partial charge in [0.2, 0.25) is 10.0 Å². The van der Waals surface area contributed by atoms with Gasteiger partial charge in [0.1, 0.15) is 10.3 Å². The van der Waals surface area contributed by atoms with Crippen molar-refractivity contribution in [2.75, 3.05) is 0 Å². The number of aryl methyl sites for hydroxylation is 3. The summed E-state index contributed by atoms with van der Waals surface area (Å²) in [6, 6.07) is 5.85. The van der Waals surface area contributed by atoms with Gasteiger partial charge in [0.25, 0.3) is 0 Å². The minimum Gasteiger partial charge on any atom is -0.460 e. The fraction of sp³-hybridized carbons (Fsp3) is 0.556. The highest BCUT2D eigenvalue weighted by molar-refractivity contribution is 7.91. The molecule has 0 aromatic carbocycles. The summed E-state index contributed by atoms with van der Waals surface area (Å²) >= 11 is 1.34. The van der Waals surface area contributed by atoms with E-state index >= 15 is 0 Å². The van der Waals surface area contributed by atoms with E-state index in [1.165, 1.54) is 11.3 Å². The van der Waals surface area contributed by atoms with Crippen LogP contribution in [0.3, 0.4) is 0 Å². The average Bonchev–Trinajstić information content (AvgIpc) is 3.06. The summed E-state index contributed by atoms with van der Waals surface area (Å²) in [6.07, 6.45) is 3.96. The van der Waals surface area contributed by atoms with Crippen molar-refractivity contribution in [3.63, 3.8) is 0 Å². The van der Waals surface area contributed by atoms with Gasteiger partial charge in [-0.05, 0) is 64.2 Å². The molecule has 0 saturated heterocycles. The van der Waals surface area contributed by atoms with Crippen LogP contribution in [0.1, 0.15) is 48.9 Å². The number of aromatic nitrogens is 2. The van der Waals surface area contributed by atoms with Crippen LogP contribution in [-0.4, -0.2) is 30.5 Å². The van der Waals surface area contributed by atoms with E-state index < -0.39 is 10.0 Å². The van der Waals surface area contributed by atoms with E-state index in [1.54, 1.807) is 6.07 Å². The van der Waals surface area contributed by atoms with Gasteiger partial charge in [0, 0.05) is 22.3 Å². The van der Waals surface area contributed by atoms with Crippen LogP contribution in [-0.2, 0) is 16.4 Å². The predicted molar refractivity (Wildman–Crippen MR) is 102 cm³/mol. The molecule has 142 valence electrons. The number of nitrogens with one attached hydrogen (secondary N) is 1. The Labute approximate surface area is 159 Å². The number of sulfonamides is 1. The molecule has 1 aliphatic carbocycles. The molecule has 0 atom stereocenters. The zero-order valence-corrected chi connectivity index (χ0v) is 17.0. The highest BCUT2D eigenvalue weighted by Gasteiger charge is 2.27. The van der Waals surface area contributed by atoms with Crippen LogP contribution in [0.2, 0.25) is 0 Å². The number of thiophene rings is 1. The second kappa shape index (κ2) is 8.02. The minimum atomic E-state index is -3.43. The van der Waals surface area contributed by atoms with Crippen LogP contribution in [0.4, 0.5) is 0 Å². The molecule has 0 unspecified atom stereocenters. The molecular weight excluding hydrogens is 370 g/mol. The lowest BCUT2D eigenvalue weighted by Gasteiger charge is -2.28. The highest BCUT2D eigenvalue weighted by Crippen LogP contribution is 2.26. The Hall–Kier alpha value is -1.51. The zero-order valence-electron chi connectivity index (χ0n) is 15.4. The summed E-state index contributed by atoms with van der Waals surface area (Å²) in [5.41, 5.74) is 1.77. The van der Waals surface area contributed by atoms with E-state index in [2.05, 4.69) is 14.7 Å². The fourth-order valence-electron chi connectivity index (χ4n) is 3.16. The molecule has 6 nitrogen and oxygen atoms in total. The Morgan fingerprint density at radius 2 is 1.81 bits per heavy atom. The normalized spacial score (nSPS) is 20.9. The smallest absolute Gasteiger partial charge is 0.317 e. The molecule has 1 saturated carbocycles. The van der Waals surface area contributed by atoms with Gasteiger partial charge in [-0.2, -0.15) is 0 Å². The monoisotopic (exact) mass is 395 g/mol. The minimum absolute atomic E-state index is 0.0328. The van der Waals surface area contributed by atoms with Crippen molar-refractivity contribution in [1.82, 2.24) is 14.7 Å². The largest absolute Gasteiger partial charge is 0.460 e.